The molecule has 1 nitrogen and oxygen atoms in total. The summed E-state index contributed by atoms with van der Waals surface area (Å²) >= 11 is 0. The smallest absolute Gasteiger partial charge is 0.125 e. The lowest BCUT2D eigenvalue weighted by Crippen LogP contribution is -2.11. The van der Waals surface area contributed by atoms with E-state index in [1.165, 1.54) is 0 Å². The van der Waals surface area contributed by atoms with Gasteiger partial charge in [-0.1, -0.05) is 49.4 Å². The summed E-state index contributed by atoms with van der Waals surface area (Å²) in [5, 5.41) is 1.02. The van der Waals surface area contributed by atoms with Crippen molar-refractivity contribution in [3.63, 3.8) is 0 Å². The molecule has 1 aromatic rings. The molecule has 13 heavy (non-hydrogen) atoms. The Bertz CT molecular complexity index is 367. The minimum absolute atomic E-state index is 0.217. The molecule has 0 amide bonds. The van der Waals surface area contributed by atoms with Gasteiger partial charge in [-0.05, 0) is 0 Å². The number of rotatable bonds is 1. The summed E-state index contributed by atoms with van der Waals surface area (Å²) in [6.07, 6.45) is 4.84. The highest BCUT2D eigenvalue weighted by Gasteiger charge is 2.32. The maximum Gasteiger partial charge on any atom is 0.125 e. The van der Waals surface area contributed by atoms with Crippen molar-refractivity contribution in [2.45, 2.75) is 12.6 Å². The van der Waals surface area contributed by atoms with Gasteiger partial charge in [0.15, 0.2) is 0 Å². The Balaban J connectivity index is 2.42. The van der Waals surface area contributed by atoms with Gasteiger partial charge in [-0.25, -0.2) is 0 Å². The van der Waals surface area contributed by atoms with E-state index in [0.717, 1.165) is 11.5 Å². The second-order valence-electron chi connectivity index (χ2n) is 3.48. The molecular weight excluding hydrogens is 179 g/mol. The zero-order chi connectivity index (χ0) is 9.31. The van der Waals surface area contributed by atoms with E-state index in [2.05, 4.69) is 6.08 Å². The molecule has 0 aliphatic carbocycles. The third-order valence-corrected chi connectivity index (χ3v) is 6.06. The van der Waals surface area contributed by atoms with Gasteiger partial charge in [-0.3, -0.25) is 0 Å². The van der Waals surface area contributed by atoms with Gasteiger partial charge in [-0.15, -0.1) is 0 Å². The maximum absolute atomic E-state index is 12.5. The first-order valence-corrected chi connectivity index (χ1v) is 6.50. The molecule has 0 radical (unpaired) electrons. The summed E-state index contributed by atoms with van der Waals surface area (Å²) in [6.45, 7) is 2.04. The highest BCUT2D eigenvalue weighted by Crippen LogP contribution is 2.53. The normalized spacial score (nSPS) is 32.2. The molecule has 0 N–H and O–H groups in total. The molecule has 2 heteroatoms. The van der Waals surface area contributed by atoms with Crippen molar-refractivity contribution >= 4 is 12.4 Å². The average molecular weight is 192 g/mol. The van der Waals surface area contributed by atoms with Crippen LogP contribution < -0.4 is 5.30 Å². The fraction of sp³-hybridized carbons (Fsp3) is 0.273. The summed E-state index contributed by atoms with van der Waals surface area (Å²) in [7, 11) is -2.12. The largest absolute Gasteiger partial charge is 0.318 e. The minimum Gasteiger partial charge on any atom is -0.318 e. The van der Waals surface area contributed by atoms with Crippen LogP contribution in [-0.4, -0.2) is 11.8 Å². The fourth-order valence-corrected chi connectivity index (χ4v) is 4.27. The Kier molecular flexibility index (Phi) is 2.13. The summed E-state index contributed by atoms with van der Waals surface area (Å²) in [5.74, 6) is 0. The van der Waals surface area contributed by atoms with Crippen LogP contribution in [0.2, 0.25) is 0 Å². The van der Waals surface area contributed by atoms with E-state index in [4.69, 9.17) is 0 Å². The Morgan fingerprint density at radius 2 is 2.00 bits per heavy atom. The number of hydrogen-bond donors (Lipinski definition) is 0. The zero-order valence-electron chi connectivity index (χ0n) is 7.68. The van der Waals surface area contributed by atoms with E-state index < -0.39 is 7.14 Å². The van der Waals surface area contributed by atoms with Crippen LogP contribution in [0.4, 0.5) is 0 Å². The summed E-state index contributed by atoms with van der Waals surface area (Å²) in [4.78, 5) is 0. The Morgan fingerprint density at radius 3 is 2.54 bits per heavy atom. The van der Waals surface area contributed by atoms with Crippen molar-refractivity contribution < 1.29 is 4.57 Å². The number of hydrogen-bond acceptors (Lipinski definition) is 1. The molecule has 0 bridgehead atoms. The van der Waals surface area contributed by atoms with Crippen molar-refractivity contribution in [3.8, 4) is 0 Å². The van der Waals surface area contributed by atoms with Gasteiger partial charge in [0, 0.05) is 17.1 Å². The van der Waals surface area contributed by atoms with Crippen LogP contribution in [-0.2, 0) is 4.57 Å². The lowest BCUT2D eigenvalue weighted by molar-refractivity contribution is 0.581. The van der Waals surface area contributed by atoms with Crippen LogP contribution in [0.5, 0.6) is 0 Å². The molecule has 1 aliphatic heterocycles. The van der Waals surface area contributed by atoms with Crippen LogP contribution in [0.25, 0.3) is 0 Å². The molecule has 68 valence electrons. The van der Waals surface area contributed by atoms with E-state index in [9.17, 15) is 4.57 Å². The third-order valence-electron chi connectivity index (χ3n) is 2.64. The Morgan fingerprint density at radius 1 is 1.31 bits per heavy atom. The first-order chi connectivity index (χ1) is 6.23. The van der Waals surface area contributed by atoms with Crippen molar-refractivity contribution in [3.05, 3.63) is 42.5 Å². The molecule has 0 spiro atoms. The third kappa shape index (κ3) is 1.38. The Labute approximate surface area is 78.9 Å². The molecule has 1 aliphatic rings. The second-order valence-corrected chi connectivity index (χ2v) is 6.77. The van der Waals surface area contributed by atoms with Crippen molar-refractivity contribution in [1.82, 2.24) is 0 Å². The van der Waals surface area contributed by atoms with E-state index in [0.29, 0.717) is 0 Å². The lowest BCUT2D eigenvalue weighted by atomic mass is 10.4. The van der Waals surface area contributed by atoms with Gasteiger partial charge in [0.2, 0.25) is 0 Å². The molecule has 0 saturated carbocycles. The lowest BCUT2D eigenvalue weighted by Gasteiger charge is -2.16. The highest BCUT2D eigenvalue weighted by atomic mass is 31.2. The standard InChI is InChI=1S/C11H13OP/c1-10-6-5-9-13(10,12)11-7-3-2-4-8-11/h2-8,10H,9H2,1H3. The summed E-state index contributed by atoms with van der Waals surface area (Å²) in [5.41, 5.74) is 0.217. The molecule has 1 heterocycles. The predicted octanol–water partition coefficient (Wildman–Crippen LogP) is 2.63. The fourth-order valence-electron chi connectivity index (χ4n) is 1.74. The van der Waals surface area contributed by atoms with Gasteiger partial charge in [-0.2, -0.15) is 0 Å². The van der Waals surface area contributed by atoms with E-state index in [-0.39, 0.29) is 5.66 Å². The summed E-state index contributed by atoms with van der Waals surface area (Å²) < 4.78 is 12.5. The van der Waals surface area contributed by atoms with Crippen LogP contribution in [0.15, 0.2) is 42.5 Å². The van der Waals surface area contributed by atoms with Crippen molar-refractivity contribution in [1.29, 1.82) is 0 Å². The molecule has 2 atom stereocenters. The minimum atomic E-state index is -2.12. The molecule has 0 fully saturated rings. The quantitative estimate of drug-likeness (QED) is 0.493. The van der Waals surface area contributed by atoms with Crippen LogP contribution >= 0.6 is 7.14 Å². The van der Waals surface area contributed by atoms with E-state index in [1.807, 2.05) is 43.3 Å². The van der Waals surface area contributed by atoms with Gasteiger partial charge in [0.1, 0.15) is 7.14 Å². The van der Waals surface area contributed by atoms with Crippen LogP contribution in [0, 0.1) is 0 Å². The van der Waals surface area contributed by atoms with Crippen LogP contribution in [0.3, 0.4) is 0 Å². The van der Waals surface area contributed by atoms with Crippen LogP contribution in [0.1, 0.15) is 6.92 Å². The monoisotopic (exact) mass is 192 g/mol. The molecule has 0 aromatic heterocycles. The molecule has 2 unspecified atom stereocenters. The molecule has 0 saturated heterocycles. The average Bonchev–Trinajstić information content (AvgIpc) is 2.50. The summed E-state index contributed by atoms with van der Waals surface area (Å²) in [6, 6.07) is 9.83. The first kappa shape index (κ1) is 8.77. The number of benzene rings is 1. The number of allylic oxidation sites excluding steroid dienone is 2. The van der Waals surface area contributed by atoms with Crippen molar-refractivity contribution in [2.24, 2.45) is 0 Å². The van der Waals surface area contributed by atoms with Crippen molar-refractivity contribution in [2.75, 3.05) is 6.16 Å². The zero-order valence-corrected chi connectivity index (χ0v) is 8.58. The predicted molar refractivity (Wildman–Crippen MR) is 57.2 cm³/mol. The first-order valence-electron chi connectivity index (χ1n) is 4.54. The molecular formula is C11H13OP. The van der Waals surface area contributed by atoms with E-state index >= 15 is 0 Å². The van der Waals surface area contributed by atoms with Gasteiger partial charge in [0.25, 0.3) is 0 Å². The highest BCUT2D eigenvalue weighted by molar-refractivity contribution is 7.72. The maximum atomic E-state index is 12.5. The van der Waals surface area contributed by atoms with Gasteiger partial charge >= 0.3 is 0 Å². The Hall–Kier alpha value is -0.810. The molecule has 2 rings (SSSR count). The second kappa shape index (κ2) is 3.16. The van der Waals surface area contributed by atoms with Gasteiger partial charge < -0.3 is 4.57 Å². The SMILES string of the molecule is CC1C=CCP1(=O)c1ccccc1. The molecule has 1 aromatic carbocycles. The topological polar surface area (TPSA) is 17.1 Å². The van der Waals surface area contributed by atoms with Gasteiger partial charge in [0.05, 0.1) is 0 Å². The van der Waals surface area contributed by atoms with E-state index in [1.54, 1.807) is 0 Å².